The van der Waals surface area contributed by atoms with Crippen LogP contribution in [-0.2, 0) is 0 Å². The highest BCUT2D eigenvalue weighted by molar-refractivity contribution is 6.25. The molecule has 0 saturated heterocycles. The molecule has 0 aliphatic heterocycles. The Morgan fingerprint density at radius 3 is 1.69 bits per heavy atom. The van der Waals surface area contributed by atoms with Crippen LogP contribution in [-0.4, -0.2) is 9.97 Å². The first-order valence-electron chi connectivity index (χ1n) is 16.4. The summed E-state index contributed by atoms with van der Waals surface area (Å²) < 4.78 is 0. The molecular formula is C46H28N2. The predicted octanol–water partition coefficient (Wildman–Crippen LogP) is 12.4. The molecule has 10 rings (SSSR count). The van der Waals surface area contributed by atoms with Crippen LogP contribution in [0.4, 0.5) is 0 Å². The summed E-state index contributed by atoms with van der Waals surface area (Å²) in [5.41, 5.74) is 8.76. The van der Waals surface area contributed by atoms with Gasteiger partial charge in [-0.05, 0) is 66.0 Å². The van der Waals surface area contributed by atoms with Gasteiger partial charge in [-0.25, -0.2) is 4.98 Å². The van der Waals surface area contributed by atoms with Crippen molar-refractivity contribution in [3.8, 4) is 33.5 Å². The van der Waals surface area contributed by atoms with E-state index >= 15 is 0 Å². The third-order valence-electron chi connectivity index (χ3n) is 9.85. The lowest BCUT2D eigenvalue weighted by atomic mass is 9.84. The molecule has 0 atom stereocenters. The van der Waals surface area contributed by atoms with Gasteiger partial charge in [-0.3, -0.25) is 4.98 Å². The Morgan fingerprint density at radius 1 is 0.375 bits per heavy atom. The number of nitrogens with zero attached hydrogens (tertiary/aromatic N) is 2. The highest BCUT2D eigenvalue weighted by Gasteiger charge is 2.20. The molecule has 2 nitrogen and oxygen atoms in total. The summed E-state index contributed by atoms with van der Waals surface area (Å²) in [6.07, 6.45) is 1.97. The molecule has 0 fully saturated rings. The fraction of sp³-hybridized carbons (Fsp3) is 0. The van der Waals surface area contributed by atoms with E-state index in [1.807, 2.05) is 12.3 Å². The SMILES string of the molecule is c1ccc(-c2nc3cc(-c4c5ccccc5c(-c5cccc6ccccc56)c5ccccc45)ccc3c3c2ncc2ccccc23)cc1. The Morgan fingerprint density at radius 2 is 0.958 bits per heavy atom. The van der Waals surface area contributed by atoms with E-state index in [9.17, 15) is 0 Å². The number of pyridine rings is 2. The zero-order valence-electron chi connectivity index (χ0n) is 26.1. The number of rotatable bonds is 3. The third-order valence-corrected chi connectivity index (χ3v) is 9.85. The third kappa shape index (κ3) is 4.00. The monoisotopic (exact) mass is 608 g/mol. The van der Waals surface area contributed by atoms with Gasteiger partial charge < -0.3 is 0 Å². The minimum atomic E-state index is 0.905. The molecule has 2 heterocycles. The van der Waals surface area contributed by atoms with E-state index in [1.54, 1.807) is 0 Å². The Balaban J connectivity index is 1.32. The van der Waals surface area contributed by atoms with E-state index in [0.29, 0.717) is 0 Å². The van der Waals surface area contributed by atoms with Crippen molar-refractivity contribution in [1.82, 2.24) is 9.97 Å². The van der Waals surface area contributed by atoms with Crippen molar-refractivity contribution in [3.63, 3.8) is 0 Å². The Hall–Kier alpha value is -6.38. The van der Waals surface area contributed by atoms with Crippen LogP contribution in [0.5, 0.6) is 0 Å². The first-order chi connectivity index (χ1) is 23.8. The van der Waals surface area contributed by atoms with Gasteiger partial charge in [-0.15, -0.1) is 0 Å². The lowest BCUT2D eigenvalue weighted by molar-refractivity contribution is 1.37. The van der Waals surface area contributed by atoms with Gasteiger partial charge in [0.05, 0.1) is 16.7 Å². The van der Waals surface area contributed by atoms with Gasteiger partial charge in [0.1, 0.15) is 0 Å². The van der Waals surface area contributed by atoms with Crippen LogP contribution in [0.15, 0.2) is 170 Å². The lowest BCUT2D eigenvalue weighted by Crippen LogP contribution is -1.95. The normalized spacial score (nSPS) is 11.8. The molecule has 0 saturated carbocycles. The Bertz CT molecular complexity index is 2830. The quantitative estimate of drug-likeness (QED) is 0.147. The number of hydrogen-bond donors (Lipinski definition) is 0. The van der Waals surface area contributed by atoms with E-state index in [4.69, 9.17) is 9.97 Å². The fourth-order valence-electron chi connectivity index (χ4n) is 7.75. The van der Waals surface area contributed by atoms with E-state index in [1.165, 1.54) is 54.4 Å². The molecule has 0 amide bonds. The first kappa shape index (κ1) is 26.8. The van der Waals surface area contributed by atoms with Crippen LogP contribution in [0, 0.1) is 0 Å². The van der Waals surface area contributed by atoms with Crippen molar-refractivity contribution < 1.29 is 0 Å². The van der Waals surface area contributed by atoms with E-state index in [0.717, 1.165) is 44.0 Å². The van der Waals surface area contributed by atoms with E-state index < -0.39 is 0 Å². The Labute approximate surface area is 277 Å². The summed E-state index contributed by atoms with van der Waals surface area (Å²) in [5.74, 6) is 0. The molecule has 0 bridgehead atoms. The number of hydrogen-bond acceptors (Lipinski definition) is 2. The van der Waals surface area contributed by atoms with Gasteiger partial charge >= 0.3 is 0 Å². The lowest BCUT2D eigenvalue weighted by Gasteiger charge is -2.19. The van der Waals surface area contributed by atoms with Crippen LogP contribution < -0.4 is 0 Å². The zero-order chi connectivity index (χ0) is 31.6. The summed E-state index contributed by atoms with van der Waals surface area (Å²) in [5, 5.41) is 12.0. The maximum atomic E-state index is 5.36. The predicted molar refractivity (Wildman–Crippen MR) is 203 cm³/mol. The van der Waals surface area contributed by atoms with Gasteiger partial charge in [0.25, 0.3) is 0 Å². The summed E-state index contributed by atoms with van der Waals surface area (Å²) in [6, 6.07) is 58.9. The van der Waals surface area contributed by atoms with Crippen LogP contribution in [0.1, 0.15) is 0 Å². The van der Waals surface area contributed by atoms with Gasteiger partial charge in [0.15, 0.2) is 0 Å². The van der Waals surface area contributed by atoms with Crippen molar-refractivity contribution in [3.05, 3.63) is 170 Å². The smallest absolute Gasteiger partial charge is 0.0978 e. The molecule has 0 aliphatic rings. The minimum Gasteiger partial charge on any atom is -0.253 e. The summed E-state index contributed by atoms with van der Waals surface area (Å²) in [7, 11) is 0. The second-order valence-corrected chi connectivity index (χ2v) is 12.5. The van der Waals surface area contributed by atoms with E-state index in [-0.39, 0.29) is 0 Å². The molecule has 2 heteroatoms. The van der Waals surface area contributed by atoms with Gasteiger partial charge in [-0.1, -0.05) is 158 Å². The maximum absolute atomic E-state index is 5.36. The van der Waals surface area contributed by atoms with Crippen molar-refractivity contribution in [2.24, 2.45) is 0 Å². The molecule has 8 aromatic carbocycles. The second kappa shape index (κ2) is 10.6. The standard InChI is InChI=1S/C46H28N2/c1-2-14-30(15-3-1)45-46-44(34-19-7-5-16-32(34)28-47-46)40-26-25-31(27-41(40)48-45)42-36-20-8-10-22-38(36)43(39-23-11-9-21-37(39)42)35-24-12-17-29-13-4-6-18-33(29)35/h1-28H. The van der Waals surface area contributed by atoms with Crippen LogP contribution in [0.25, 0.3) is 98.4 Å². The number of benzene rings is 8. The van der Waals surface area contributed by atoms with Crippen molar-refractivity contribution in [1.29, 1.82) is 0 Å². The molecule has 48 heavy (non-hydrogen) atoms. The molecular weight excluding hydrogens is 581 g/mol. The molecule has 0 N–H and O–H groups in total. The first-order valence-corrected chi connectivity index (χ1v) is 16.4. The average molecular weight is 609 g/mol. The average Bonchev–Trinajstić information content (AvgIpc) is 3.16. The van der Waals surface area contributed by atoms with Crippen molar-refractivity contribution >= 4 is 64.9 Å². The zero-order valence-corrected chi connectivity index (χ0v) is 26.1. The maximum Gasteiger partial charge on any atom is 0.0978 e. The molecule has 2 aromatic heterocycles. The van der Waals surface area contributed by atoms with Crippen molar-refractivity contribution in [2.75, 3.05) is 0 Å². The number of fused-ring (bicyclic) bond motifs is 8. The van der Waals surface area contributed by atoms with Gasteiger partial charge in [-0.2, -0.15) is 0 Å². The topological polar surface area (TPSA) is 25.8 Å². The molecule has 0 radical (unpaired) electrons. The summed E-state index contributed by atoms with van der Waals surface area (Å²) in [6.45, 7) is 0. The highest BCUT2D eigenvalue weighted by atomic mass is 14.8. The van der Waals surface area contributed by atoms with Crippen molar-refractivity contribution in [2.45, 2.75) is 0 Å². The molecule has 0 unspecified atom stereocenters. The second-order valence-electron chi connectivity index (χ2n) is 12.5. The van der Waals surface area contributed by atoms with Gasteiger partial charge in [0.2, 0.25) is 0 Å². The number of aromatic nitrogens is 2. The minimum absolute atomic E-state index is 0.905. The fourth-order valence-corrected chi connectivity index (χ4v) is 7.75. The summed E-state index contributed by atoms with van der Waals surface area (Å²) in [4.78, 5) is 10.4. The molecule has 222 valence electrons. The van der Waals surface area contributed by atoms with Crippen LogP contribution in [0.2, 0.25) is 0 Å². The molecule has 0 spiro atoms. The highest BCUT2D eigenvalue weighted by Crippen LogP contribution is 2.46. The van der Waals surface area contributed by atoms with Crippen LogP contribution >= 0.6 is 0 Å². The Kier molecular flexibility index (Phi) is 5.91. The van der Waals surface area contributed by atoms with Gasteiger partial charge in [0, 0.05) is 27.9 Å². The van der Waals surface area contributed by atoms with E-state index in [2.05, 4.69) is 158 Å². The van der Waals surface area contributed by atoms with Crippen LogP contribution in [0.3, 0.4) is 0 Å². The molecule has 0 aliphatic carbocycles. The largest absolute Gasteiger partial charge is 0.253 e. The molecule has 10 aromatic rings. The summed E-state index contributed by atoms with van der Waals surface area (Å²) >= 11 is 0.